The Bertz CT molecular complexity index is 972. The summed E-state index contributed by atoms with van der Waals surface area (Å²) in [5, 5.41) is 6.65. The lowest BCUT2D eigenvalue weighted by Gasteiger charge is -2.29. The second kappa shape index (κ2) is 9.03. The molecule has 2 aromatic rings. The normalized spacial score (nSPS) is 21.2. The molecule has 0 spiro atoms. The number of rotatable bonds is 7. The fourth-order valence-corrected chi connectivity index (χ4v) is 4.19. The van der Waals surface area contributed by atoms with Gasteiger partial charge in [0.1, 0.15) is 11.4 Å². The van der Waals surface area contributed by atoms with Crippen molar-refractivity contribution in [2.24, 2.45) is 11.8 Å². The summed E-state index contributed by atoms with van der Waals surface area (Å²) in [6.45, 7) is 8.27. The topological polar surface area (TPSA) is 75.6 Å². The lowest BCUT2D eigenvalue weighted by molar-refractivity contribution is -0.141. The van der Waals surface area contributed by atoms with Crippen molar-refractivity contribution in [2.75, 3.05) is 10.6 Å². The van der Waals surface area contributed by atoms with Gasteiger partial charge < -0.3 is 10.6 Å². The molecule has 2 aliphatic carbocycles. The van der Waals surface area contributed by atoms with Gasteiger partial charge in [-0.05, 0) is 76.3 Å². The molecule has 2 fully saturated rings. The van der Waals surface area contributed by atoms with Crippen molar-refractivity contribution in [3.05, 3.63) is 36.0 Å². The summed E-state index contributed by atoms with van der Waals surface area (Å²) in [7, 11) is 0. The lowest BCUT2D eigenvalue weighted by Crippen LogP contribution is -2.29. The van der Waals surface area contributed by atoms with Crippen LogP contribution in [-0.2, 0) is 6.18 Å². The third-order valence-corrected chi connectivity index (χ3v) is 6.31. The molecule has 4 rings (SSSR count). The Morgan fingerprint density at radius 1 is 0.938 bits per heavy atom. The summed E-state index contributed by atoms with van der Waals surface area (Å²) >= 11 is 0. The van der Waals surface area contributed by atoms with Crippen molar-refractivity contribution in [1.82, 2.24) is 19.9 Å². The largest absolute Gasteiger partial charge is 0.433 e. The smallest absolute Gasteiger partial charge is 0.351 e. The Labute approximate surface area is 186 Å². The molecule has 32 heavy (non-hydrogen) atoms. The van der Waals surface area contributed by atoms with E-state index in [4.69, 9.17) is 0 Å². The predicted octanol–water partition coefficient (Wildman–Crippen LogP) is 5.71. The molecule has 2 aliphatic rings. The number of pyridine rings is 1. The van der Waals surface area contributed by atoms with Gasteiger partial charge in [-0.1, -0.05) is 18.2 Å². The van der Waals surface area contributed by atoms with Crippen LogP contribution in [0.4, 0.5) is 25.1 Å². The number of aromatic nitrogens is 4. The Kier molecular flexibility index (Phi) is 6.35. The van der Waals surface area contributed by atoms with Crippen molar-refractivity contribution >= 4 is 11.9 Å². The van der Waals surface area contributed by atoms with Crippen LogP contribution in [0.3, 0.4) is 0 Å². The highest BCUT2D eigenvalue weighted by atomic mass is 19.4. The number of anilines is 2. The molecular weight excluding hydrogens is 417 g/mol. The average Bonchev–Trinajstić information content (AvgIpc) is 3.58. The molecule has 2 saturated carbocycles. The second-order valence-corrected chi connectivity index (χ2v) is 9.02. The van der Waals surface area contributed by atoms with Crippen LogP contribution >= 0.6 is 0 Å². The van der Waals surface area contributed by atoms with Gasteiger partial charge >= 0.3 is 6.18 Å². The monoisotopic (exact) mass is 446 g/mol. The standard InChI is InChI=1S/C23H29F3N6/c1-13-6-4-7-17(12-13)15(3)28-22-31-20(18-8-5-9-19(29-18)23(24,25)26)30-21(32-22)27-14(2)16-10-11-16/h5,8-9,14-17H,1,4,6-7,10-12H2,2-3H3,(H2,27,28,30,31,32). The summed E-state index contributed by atoms with van der Waals surface area (Å²) in [6.07, 6.45) is 1.97. The van der Waals surface area contributed by atoms with Gasteiger partial charge in [0, 0.05) is 12.1 Å². The molecule has 2 N–H and O–H groups in total. The van der Waals surface area contributed by atoms with E-state index in [0.717, 1.165) is 44.6 Å². The summed E-state index contributed by atoms with van der Waals surface area (Å²) in [4.78, 5) is 17.1. The van der Waals surface area contributed by atoms with E-state index in [0.29, 0.717) is 23.7 Å². The number of hydrogen-bond acceptors (Lipinski definition) is 6. The Hall–Kier alpha value is -2.71. The zero-order valence-corrected chi connectivity index (χ0v) is 18.4. The van der Waals surface area contributed by atoms with E-state index in [-0.39, 0.29) is 23.6 Å². The van der Waals surface area contributed by atoms with E-state index in [9.17, 15) is 13.2 Å². The van der Waals surface area contributed by atoms with Crippen LogP contribution in [0.25, 0.3) is 11.5 Å². The Morgan fingerprint density at radius 2 is 1.59 bits per heavy atom. The summed E-state index contributed by atoms with van der Waals surface area (Å²) in [6, 6.07) is 4.00. The van der Waals surface area contributed by atoms with E-state index in [1.54, 1.807) is 0 Å². The maximum atomic E-state index is 13.2. The first-order valence-corrected chi connectivity index (χ1v) is 11.2. The van der Waals surface area contributed by atoms with E-state index in [2.05, 4.69) is 51.0 Å². The minimum atomic E-state index is -4.54. The Balaban J connectivity index is 1.62. The molecule has 0 radical (unpaired) electrons. The molecule has 9 heteroatoms. The van der Waals surface area contributed by atoms with Crippen LogP contribution in [0.1, 0.15) is 58.1 Å². The minimum absolute atomic E-state index is 0.0612. The number of hydrogen-bond donors (Lipinski definition) is 2. The van der Waals surface area contributed by atoms with Crippen LogP contribution in [0, 0.1) is 11.8 Å². The zero-order chi connectivity index (χ0) is 22.9. The number of alkyl halides is 3. The molecule has 0 amide bonds. The van der Waals surface area contributed by atoms with Gasteiger partial charge in [0.15, 0.2) is 5.82 Å². The average molecular weight is 447 g/mol. The zero-order valence-electron chi connectivity index (χ0n) is 18.4. The van der Waals surface area contributed by atoms with Crippen LogP contribution in [0.15, 0.2) is 30.4 Å². The van der Waals surface area contributed by atoms with E-state index in [1.807, 2.05) is 0 Å². The third kappa shape index (κ3) is 5.55. The first kappa shape index (κ1) is 22.5. The highest BCUT2D eigenvalue weighted by Crippen LogP contribution is 2.34. The summed E-state index contributed by atoms with van der Waals surface area (Å²) < 4.78 is 39.5. The summed E-state index contributed by atoms with van der Waals surface area (Å²) in [5.41, 5.74) is 0.339. The molecule has 2 heterocycles. The number of halogens is 3. The van der Waals surface area contributed by atoms with Gasteiger partial charge in [-0.15, -0.1) is 0 Å². The Morgan fingerprint density at radius 3 is 2.19 bits per heavy atom. The van der Waals surface area contributed by atoms with Gasteiger partial charge in [0.2, 0.25) is 11.9 Å². The maximum absolute atomic E-state index is 13.2. The van der Waals surface area contributed by atoms with Crippen LogP contribution in [-0.4, -0.2) is 32.0 Å². The first-order chi connectivity index (χ1) is 15.2. The van der Waals surface area contributed by atoms with Crippen molar-refractivity contribution in [3.63, 3.8) is 0 Å². The number of allylic oxidation sites excluding steroid dienone is 1. The van der Waals surface area contributed by atoms with Crippen molar-refractivity contribution in [2.45, 2.75) is 70.6 Å². The van der Waals surface area contributed by atoms with E-state index >= 15 is 0 Å². The highest BCUT2D eigenvalue weighted by Gasteiger charge is 2.33. The van der Waals surface area contributed by atoms with Gasteiger partial charge in [0.25, 0.3) is 0 Å². The van der Waals surface area contributed by atoms with Crippen molar-refractivity contribution in [3.8, 4) is 11.5 Å². The van der Waals surface area contributed by atoms with E-state index in [1.165, 1.54) is 17.7 Å². The molecule has 3 atom stereocenters. The van der Waals surface area contributed by atoms with Gasteiger partial charge in [-0.2, -0.15) is 28.1 Å². The fourth-order valence-electron chi connectivity index (χ4n) is 4.19. The molecule has 6 nitrogen and oxygen atoms in total. The lowest BCUT2D eigenvalue weighted by atomic mass is 9.82. The molecule has 0 aromatic carbocycles. The van der Waals surface area contributed by atoms with Crippen molar-refractivity contribution < 1.29 is 13.2 Å². The van der Waals surface area contributed by atoms with Gasteiger partial charge in [-0.25, -0.2) is 4.98 Å². The van der Waals surface area contributed by atoms with Crippen LogP contribution in [0.2, 0.25) is 0 Å². The quantitative estimate of drug-likeness (QED) is 0.531. The predicted molar refractivity (Wildman–Crippen MR) is 118 cm³/mol. The second-order valence-electron chi connectivity index (χ2n) is 9.02. The van der Waals surface area contributed by atoms with Crippen LogP contribution < -0.4 is 10.6 Å². The molecule has 0 aliphatic heterocycles. The maximum Gasteiger partial charge on any atom is 0.433 e. The van der Waals surface area contributed by atoms with Crippen molar-refractivity contribution in [1.29, 1.82) is 0 Å². The first-order valence-electron chi connectivity index (χ1n) is 11.2. The fraction of sp³-hybridized carbons (Fsp3) is 0.565. The number of nitrogens with one attached hydrogen (secondary N) is 2. The molecule has 0 saturated heterocycles. The highest BCUT2D eigenvalue weighted by molar-refractivity contribution is 5.54. The van der Waals surface area contributed by atoms with Gasteiger partial charge in [0.05, 0.1) is 0 Å². The molecule has 0 bridgehead atoms. The third-order valence-electron chi connectivity index (χ3n) is 6.31. The number of nitrogens with zero attached hydrogens (tertiary/aromatic N) is 4. The molecule has 2 aromatic heterocycles. The minimum Gasteiger partial charge on any atom is -0.351 e. The molecule has 3 unspecified atom stereocenters. The van der Waals surface area contributed by atoms with Gasteiger partial charge in [-0.3, -0.25) is 0 Å². The summed E-state index contributed by atoms with van der Waals surface area (Å²) in [5.74, 6) is 1.76. The van der Waals surface area contributed by atoms with Crippen LogP contribution in [0.5, 0.6) is 0 Å². The van der Waals surface area contributed by atoms with E-state index < -0.39 is 11.9 Å². The SMILES string of the molecule is C=C1CCCC(C(C)Nc2nc(NC(C)C3CC3)nc(-c3cccc(C(F)(F)F)n3)n2)C1. The molecular formula is C23H29F3N6. The molecule has 172 valence electrons.